The Bertz CT molecular complexity index is 911. The van der Waals surface area contributed by atoms with E-state index in [1.165, 1.54) is 4.57 Å². The number of para-hydroxylation sites is 1. The van der Waals surface area contributed by atoms with Gasteiger partial charge in [-0.25, -0.2) is 4.79 Å². The lowest BCUT2D eigenvalue weighted by Gasteiger charge is -2.20. The molecule has 26 heavy (non-hydrogen) atoms. The molecular formula is C21H20BrNO3. The summed E-state index contributed by atoms with van der Waals surface area (Å²) in [5.41, 5.74) is 1.02. The molecule has 0 bridgehead atoms. The van der Waals surface area contributed by atoms with Gasteiger partial charge in [0.05, 0.1) is 5.69 Å². The maximum Gasteiger partial charge on any atom is 0.419 e. The van der Waals surface area contributed by atoms with Gasteiger partial charge in [0.25, 0.3) is 0 Å². The standard InChI is InChI=1S/C21H20BrNO3/c1-21(2,3)26-20(24)23-14-16(22)13-19(23)15-8-7-11-18(12-15)25-17-9-5-4-6-10-17/h4-14H,1-3H3. The molecule has 0 spiro atoms. The zero-order valence-corrected chi connectivity index (χ0v) is 16.5. The molecule has 3 aromatic rings. The second-order valence-electron chi connectivity index (χ2n) is 6.84. The summed E-state index contributed by atoms with van der Waals surface area (Å²) in [7, 11) is 0. The number of rotatable bonds is 3. The number of benzene rings is 2. The van der Waals surface area contributed by atoms with Crippen molar-refractivity contribution in [1.82, 2.24) is 4.57 Å². The Labute approximate surface area is 161 Å². The van der Waals surface area contributed by atoms with E-state index in [1.54, 1.807) is 6.20 Å². The van der Waals surface area contributed by atoms with Crippen LogP contribution in [0.3, 0.4) is 0 Å². The van der Waals surface area contributed by atoms with Gasteiger partial charge in [0.2, 0.25) is 0 Å². The fourth-order valence-corrected chi connectivity index (χ4v) is 2.88. The van der Waals surface area contributed by atoms with E-state index < -0.39 is 11.7 Å². The zero-order chi connectivity index (χ0) is 18.7. The molecular weight excluding hydrogens is 394 g/mol. The van der Waals surface area contributed by atoms with Crippen molar-refractivity contribution in [3.05, 3.63) is 71.3 Å². The van der Waals surface area contributed by atoms with Gasteiger partial charge < -0.3 is 9.47 Å². The molecule has 0 saturated carbocycles. The van der Waals surface area contributed by atoms with E-state index in [0.29, 0.717) is 5.75 Å². The first-order valence-corrected chi connectivity index (χ1v) is 9.06. The van der Waals surface area contributed by atoms with Crippen LogP contribution in [0.1, 0.15) is 20.8 Å². The molecule has 4 nitrogen and oxygen atoms in total. The van der Waals surface area contributed by atoms with Crippen molar-refractivity contribution in [2.24, 2.45) is 0 Å². The van der Waals surface area contributed by atoms with E-state index in [9.17, 15) is 4.79 Å². The van der Waals surface area contributed by atoms with E-state index in [4.69, 9.17) is 9.47 Å². The number of nitrogens with zero attached hydrogens (tertiary/aromatic N) is 1. The summed E-state index contributed by atoms with van der Waals surface area (Å²) in [6.07, 6.45) is 1.28. The Morgan fingerprint density at radius 3 is 2.35 bits per heavy atom. The van der Waals surface area contributed by atoms with Crippen molar-refractivity contribution >= 4 is 22.0 Å². The Hall–Kier alpha value is -2.53. The predicted molar refractivity (Wildman–Crippen MR) is 106 cm³/mol. The summed E-state index contributed by atoms with van der Waals surface area (Å²) in [6.45, 7) is 5.53. The molecule has 0 aliphatic heterocycles. The number of carbonyl (C=O) groups is 1. The smallest absolute Gasteiger partial charge is 0.419 e. The highest BCUT2D eigenvalue weighted by Crippen LogP contribution is 2.30. The average Bonchev–Trinajstić information content (AvgIpc) is 2.97. The topological polar surface area (TPSA) is 40.5 Å². The number of halogens is 1. The highest BCUT2D eigenvalue weighted by atomic mass is 79.9. The number of hydrogen-bond acceptors (Lipinski definition) is 3. The molecule has 0 fully saturated rings. The van der Waals surface area contributed by atoms with Crippen molar-refractivity contribution in [1.29, 1.82) is 0 Å². The van der Waals surface area contributed by atoms with Crippen LogP contribution in [0.15, 0.2) is 71.3 Å². The van der Waals surface area contributed by atoms with Crippen molar-refractivity contribution in [3.8, 4) is 22.8 Å². The molecule has 0 unspecified atom stereocenters. The van der Waals surface area contributed by atoms with Gasteiger partial charge in [-0.1, -0.05) is 30.3 Å². The second-order valence-corrected chi connectivity index (χ2v) is 7.75. The number of hydrogen-bond donors (Lipinski definition) is 0. The molecule has 0 N–H and O–H groups in total. The zero-order valence-electron chi connectivity index (χ0n) is 14.9. The van der Waals surface area contributed by atoms with E-state index in [1.807, 2.05) is 81.4 Å². The first-order valence-electron chi connectivity index (χ1n) is 8.26. The van der Waals surface area contributed by atoms with Gasteiger partial charge in [0.15, 0.2) is 0 Å². The normalized spacial score (nSPS) is 11.2. The second kappa shape index (κ2) is 7.38. The molecule has 5 heteroatoms. The molecule has 0 aliphatic carbocycles. The third kappa shape index (κ3) is 4.55. The van der Waals surface area contributed by atoms with Crippen molar-refractivity contribution < 1.29 is 14.3 Å². The van der Waals surface area contributed by atoms with Gasteiger partial charge in [-0.3, -0.25) is 4.57 Å². The van der Waals surface area contributed by atoms with Gasteiger partial charge in [0, 0.05) is 16.2 Å². The Morgan fingerprint density at radius 1 is 0.962 bits per heavy atom. The van der Waals surface area contributed by atoms with E-state index in [2.05, 4.69) is 15.9 Å². The monoisotopic (exact) mass is 413 g/mol. The predicted octanol–water partition coefficient (Wildman–Crippen LogP) is 6.49. The molecule has 0 saturated heterocycles. The first kappa shape index (κ1) is 18.3. The Kier molecular flexibility index (Phi) is 5.18. The molecule has 0 amide bonds. The minimum Gasteiger partial charge on any atom is -0.457 e. The SMILES string of the molecule is CC(C)(C)OC(=O)n1cc(Br)cc1-c1cccc(Oc2ccccc2)c1. The van der Waals surface area contributed by atoms with E-state index in [-0.39, 0.29) is 0 Å². The van der Waals surface area contributed by atoms with Gasteiger partial charge in [-0.2, -0.15) is 0 Å². The van der Waals surface area contributed by atoms with Crippen molar-refractivity contribution in [3.63, 3.8) is 0 Å². The van der Waals surface area contributed by atoms with E-state index in [0.717, 1.165) is 21.5 Å². The van der Waals surface area contributed by atoms with Crippen LogP contribution in [0, 0.1) is 0 Å². The Morgan fingerprint density at radius 2 is 1.65 bits per heavy atom. The summed E-state index contributed by atoms with van der Waals surface area (Å²) >= 11 is 3.44. The quantitative estimate of drug-likeness (QED) is 0.492. The lowest BCUT2D eigenvalue weighted by molar-refractivity contribution is 0.0540. The lowest BCUT2D eigenvalue weighted by Crippen LogP contribution is -2.27. The van der Waals surface area contributed by atoms with E-state index >= 15 is 0 Å². The van der Waals surface area contributed by atoms with Crippen molar-refractivity contribution in [2.45, 2.75) is 26.4 Å². The molecule has 0 radical (unpaired) electrons. The van der Waals surface area contributed by atoms with Crippen LogP contribution < -0.4 is 4.74 Å². The van der Waals surface area contributed by atoms with Crippen LogP contribution in [0.5, 0.6) is 11.5 Å². The Balaban J connectivity index is 1.92. The van der Waals surface area contributed by atoms with Gasteiger partial charge in [0.1, 0.15) is 17.1 Å². The fraction of sp³-hybridized carbons (Fsp3) is 0.190. The highest BCUT2D eigenvalue weighted by Gasteiger charge is 2.21. The maximum atomic E-state index is 12.5. The number of aromatic nitrogens is 1. The third-order valence-electron chi connectivity index (χ3n) is 3.49. The first-order chi connectivity index (χ1) is 12.3. The van der Waals surface area contributed by atoms with Gasteiger partial charge in [-0.15, -0.1) is 0 Å². The van der Waals surface area contributed by atoms with Crippen LogP contribution >= 0.6 is 15.9 Å². The van der Waals surface area contributed by atoms with Crippen LogP contribution in [0.4, 0.5) is 4.79 Å². The largest absolute Gasteiger partial charge is 0.457 e. The van der Waals surface area contributed by atoms with Gasteiger partial charge >= 0.3 is 6.09 Å². The summed E-state index contributed by atoms with van der Waals surface area (Å²) in [6, 6.07) is 19.1. The molecule has 0 aliphatic rings. The van der Waals surface area contributed by atoms with Crippen LogP contribution in [-0.4, -0.2) is 16.3 Å². The molecule has 0 atom stereocenters. The summed E-state index contributed by atoms with van der Waals surface area (Å²) in [5, 5.41) is 0. The third-order valence-corrected chi connectivity index (χ3v) is 3.92. The summed E-state index contributed by atoms with van der Waals surface area (Å²) in [4.78, 5) is 12.5. The summed E-state index contributed by atoms with van der Waals surface area (Å²) in [5.74, 6) is 1.45. The highest BCUT2D eigenvalue weighted by molar-refractivity contribution is 9.10. The van der Waals surface area contributed by atoms with Crippen LogP contribution in [0.2, 0.25) is 0 Å². The number of ether oxygens (including phenoxy) is 2. The lowest BCUT2D eigenvalue weighted by atomic mass is 10.1. The molecule has 2 aromatic carbocycles. The summed E-state index contributed by atoms with van der Waals surface area (Å²) < 4.78 is 13.7. The van der Waals surface area contributed by atoms with Crippen LogP contribution in [-0.2, 0) is 4.74 Å². The maximum absolute atomic E-state index is 12.5. The average molecular weight is 414 g/mol. The fourth-order valence-electron chi connectivity index (χ4n) is 2.46. The molecule has 1 heterocycles. The minimum absolute atomic E-state index is 0.424. The van der Waals surface area contributed by atoms with Crippen LogP contribution in [0.25, 0.3) is 11.3 Å². The number of carbonyl (C=O) groups excluding carboxylic acids is 1. The molecule has 134 valence electrons. The minimum atomic E-state index is -0.566. The molecule has 1 aromatic heterocycles. The van der Waals surface area contributed by atoms with Gasteiger partial charge in [-0.05, 0) is 67.0 Å². The van der Waals surface area contributed by atoms with Crippen molar-refractivity contribution in [2.75, 3.05) is 0 Å². The molecule has 3 rings (SSSR count).